The van der Waals surface area contributed by atoms with Gasteiger partial charge in [-0.25, -0.2) is 0 Å². The molecule has 178 valence electrons. The Morgan fingerprint density at radius 1 is 0.941 bits per heavy atom. The first kappa shape index (κ1) is 23.8. The molecule has 0 atom stereocenters. The summed E-state index contributed by atoms with van der Waals surface area (Å²) < 4.78 is 16.4. The Hall–Kier alpha value is -3.39. The van der Waals surface area contributed by atoms with Gasteiger partial charge in [0.05, 0.1) is 18.6 Å². The SMILES string of the molecule is CC(C)N(CC(=O)N(Cc1ccc2c(c1)OCO2)Cc1ccco1)C(=O)CSc1ccccc1. The Morgan fingerprint density at radius 2 is 1.74 bits per heavy atom. The molecule has 4 rings (SSSR count). The van der Waals surface area contributed by atoms with Gasteiger partial charge < -0.3 is 23.7 Å². The molecular formula is C26H28N2O5S. The van der Waals surface area contributed by atoms with Crippen LogP contribution < -0.4 is 9.47 Å². The maximum atomic E-state index is 13.4. The molecule has 0 aliphatic carbocycles. The fourth-order valence-corrected chi connectivity index (χ4v) is 4.44. The van der Waals surface area contributed by atoms with Gasteiger partial charge >= 0.3 is 0 Å². The lowest BCUT2D eigenvalue weighted by atomic mass is 10.1. The van der Waals surface area contributed by atoms with Crippen molar-refractivity contribution in [1.82, 2.24) is 9.80 Å². The molecule has 2 heterocycles. The quantitative estimate of drug-likeness (QED) is 0.396. The van der Waals surface area contributed by atoms with Gasteiger partial charge in [-0.3, -0.25) is 9.59 Å². The van der Waals surface area contributed by atoms with Gasteiger partial charge in [0.15, 0.2) is 11.5 Å². The fraction of sp³-hybridized carbons (Fsp3) is 0.308. The largest absolute Gasteiger partial charge is 0.467 e. The zero-order valence-electron chi connectivity index (χ0n) is 19.3. The van der Waals surface area contributed by atoms with Crippen molar-refractivity contribution >= 4 is 23.6 Å². The van der Waals surface area contributed by atoms with Crippen LogP contribution in [0.4, 0.5) is 0 Å². The number of thioether (sulfide) groups is 1. The van der Waals surface area contributed by atoms with Crippen molar-refractivity contribution < 1.29 is 23.5 Å². The predicted octanol–water partition coefficient (Wildman–Crippen LogP) is 4.57. The molecule has 0 fully saturated rings. The maximum Gasteiger partial charge on any atom is 0.242 e. The molecule has 1 aliphatic heterocycles. The molecule has 34 heavy (non-hydrogen) atoms. The summed E-state index contributed by atoms with van der Waals surface area (Å²) in [4.78, 5) is 30.8. The van der Waals surface area contributed by atoms with E-state index in [-0.39, 0.29) is 36.9 Å². The third-order valence-electron chi connectivity index (χ3n) is 5.44. The molecule has 0 saturated heterocycles. The summed E-state index contributed by atoms with van der Waals surface area (Å²) in [6, 6.07) is 18.9. The predicted molar refractivity (Wildman–Crippen MR) is 130 cm³/mol. The summed E-state index contributed by atoms with van der Waals surface area (Å²) >= 11 is 1.47. The fourth-order valence-electron chi connectivity index (χ4n) is 3.63. The highest BCUT2D eigenvalue weighted by Crippen LogP contribution is 2.33. The molecule has 2 aromatic carbocycles. The monoisotopic (exact) mass is 480 g/mol. The molecule has 0 saturated carbocycles. The molecule has 7 nitrogen and oxygen atoms in total. The number of nitrogens with zero attached hydrogens (tertiary/aromatic N) is 2. The van der Waals surface area contributed by atoms with E-state index in [0.717, 1.165) is 10.5 Å². The number of carbonyl (C=O) groups excluding carboxylic acids is 2. The zero-order valence-corrected chi connectivity index (χ0v) is 20.1. The van der Waals surface area contributed by atoms with Gasteiger partial charge in [0.25, 0.3) is 0 Å². The lowest BCUT2D eigenvalue weighted by molar-refractivity contribution is -0.141. The minimum absolute atomic E-state index is 0.00287. The first-order chi connectivity index (χ1) is 16.5. The Labute approximate surface area is 203 Å². The number of benzene rings is 2. The van der Waals surface area contributed by atoms with E-state index in [1.54, 1.807) is 22.1 Å². The number of amides is 2. The van der Waals surface area contributed by atoms with Crippen LogP contribution in [-0.2, 0) is 22.7 Å². The van der Waals surface area contributed by atoms with E-state index in [4.69, 9.17) is 13.9 Å². The van der Waals surface area contributed by atoms with Crippen LogP contribution >= 0.6 is 11.8 Å². The van der Waals surface area contributed by atoms with Crippen LogP contribution in [0, 0.1) is 0 Å². The molecule has 8 heteroatoms. The smallest absolute Gasteiger partial charge is 0.242 e. The van der Waals surface area contributed by atoms with E-state index >= 15 is 0 Å². The van der Waals surface area contributed by atoms with E-state index in [1.807, 2.05) is 68.4 Å². The summed E-state index contributed by atoms with van der Waals surface area (Å²) in [5.41, 5.74) is 0.909. The minimum Gasteiger partial charge on any atom is -0.467 e. The van der Waals surface area contributed by atoms with Crippen LogP contribution in [0.3, 0.4) is 0 Å². The highest BCUT2D eigenvalue weighted by Gasteiger charge is 2.25. The van der Waals surface area contributed by atoms with E-state index in [2.05, 4.69) is 0 Å². The van der Waals surface area contributed by atoms with Crippen molar-refractivity contribution in [1.29, 1.82) is 0 Å². The number of carbonyl (C=O) groups is 2. The van der Waals surface area contributed by atoms with Crippen molar-refractivity contribution in [3.05, 3.63) is 78.3 Å². The summed E-state index contributed by atoms with van der Waals surface area (Å²) in [7, 11) is 0. The van der Waals surface area contributed by atoms with Crippen molar-refractivity contribution in [2.24, 2.45) is 0 Å². The second-order valence-corrected chi connectivity index (χ2v) is 9.28. The number of fused-ring (bicyclic) bond motifs is 1. The van der Waals surface area contributed by atoms with Gasteiger partial charge in [-0.05, 0) is 55.8 Å². The molecular weight excluding hydrogens is 452 g/mol. The van der Waals surface area contributed by atoms with Gasteiger partial charge in [-0.2, -0.15) is 0 Å². The van der Waals surface area contributed by atoms with E-state index in [9.17, 15) is 9.59 Å². The van der Waals surface area contributed by atoms with Gasteiger partial charge in [0, 0.05) is 17.5 Å². The summed E-state index contributed by atoms with van der Waals surface area (Å²) in [5.74, 6) is 2.09. The lowest BCUT2D eigenvalue weighted by Crippen LogP contribution is -2.46. The highest BCUT2D eigenvalue weighted by molar-refractivity contribution is 8.00. The normalized spacial score (nSPS) is 12.1. The third kappa shape index (κ3) is 6.14. The Morgan fingerprint density at radius 3 is 2.47 bits per heavy atom. The summed E-state index contributed by atoms with van der Waals surface area (Å²) in [6.07, 6.45) is 1.59. The first-order valence-electron chi connectivity index (χ1n) is 11.2. The summed E-state index contributed by atoms with van der Waals surface area (Å²) in [6.45, 7) is 4.70. The van der Waals surface area contributed by atoms with Gasteiger partial charge in [-0.1, -0.05) is 24.3 Å². The number of hydrogen-bond acceptors (Lipinski definition) is 6. The van der Waals surface area contributed by atoms with Crippen LogP contribution in [0.15, 0.2) is 76.2 Å². The van der Waals surface area contributed by atoms with E-state index in [0.29, 0.717) is 30.3 Å². The number of furan rings is 1. The molecule has 0 N–H and O–H groups in total. The molecule has 3 aromatic rings. The van der Waals surface area contributed by atoms with Crippen LogP contribution in [0.5, 0.6) is 11.5 Å². The number of rotatable bonds is 10. The topological polar surface area (TPSA) is 72.2 Å². The summed E-state index contributed by atoms with van der Waals surface area (Å²) in [5, 5.41) is 0. The molecule has 0 bridgehead atoms. The average molecular weight is 481 g/mol. The zero-order chi connectivity index (χ0) is 23.9. The van der Waals surface area contributed by atoms with Gasteiger partial charge in [-0.15, -0.1) is 11.8 Å². The van der Waals surface area contributed by atoms with Crippen molar-refractivity contribution in [2.75, 3.05) is 19.1 Å². The van der Waals surface area contributed by atoms with Gasteiger partial charge in [0.1, 0.15) is 12.3 Å². The van der Waals surface area contributed by atoms with E-state index < -0.39 is 0 Å². The molecule has 1 aliphatic rings. The van der Waals surface area contributed by atoms with Crippen molar-refractivity contribution in [3.63, 3.8) is 0 Å². The average Bonchev–Trinajstić information content (AvgIpc) is 3.52. The Balaban J connectivity index is 1.45. The second kappa shape index (κ2) is 11.2. The third-order valence-corrected chi connectivity index (χ3v) is 6.44. The molecule has 0 spiro atoms. The highest BCUT2D eigenvalue weighted by atomic mass is 32.2. The van der Waals surface area contributed by atoms with Crippen molar-refractivity contribution in [2.45, 2.75) is 37.9 Å². The van der Waals surface area contributed by atoms with Gasteiger partial charge in [0.2, 0.25) is 18.6 Å². The molecule has 0 radical (unpaired) electrons. The minimum atomic E-state index is -0.152. The molecule has 0 unspecified atom stereocenters. The van der Waals surface area contributed by atoms with E-state index in [1.165, 1.54) is 11.8 Å². The molecule has 2 amide bonds. The van der Waals surface area contributed by atoms with Crippen LogP contribution in [0.1, 0.15) is 25.2 Å². The Kier molecular flexibility index (Phi) is 7.80. The van der Waals surface area contributed by atoms with Crippen LogP contribution in [-0.4, -0.2) is 46.7 Å². The lowest BCUT2D eigenvalue weighted by Gasteiger charge is -2.30. The van der Waals surface area contributed by atoms with Crippen LogP contribution in [0.2, 0.25) is 0 Å². The van der Waals surface area contributed by atoms with Crippen molar-refractivity contribution in [3.8, 4) is 11.5 Å². The second-order valence-electron chi connectivity index (χ2n) is 8.23. The maximum absolute atomic E-state index is 13.4. The number of ether oxygens (including phenoxy) is 2. The number of hydrogen-bond donors (Lipinski definition) is 0. The first-order valence-corrected chi connectivity index (χ1v) is 12.1. The standard InChI is InChI=1S/C26H28N2O5S/c1-19(2)28(26(30)17-34-22-8-4-3-5-9-22)16-25(29)27(15-21-7-6-12-31-21)14-20-10-11-23-24(13-20)33-18-32-23/h3-13,19H,14-18H2,1-2H3. The Bertz CT molecular complexity index is 1100. The van der Waals surface area contributed by atoms with Crippen LogP contribution in [0.25, 0.3) is 0 Å². The molecule has 1 aromatic heterocycles.